The number of likely N-dealkylation sites (N-methyl/N-ethyl adjacent to an activating group) is 1. The van der Waals surface area contributed by atoms with Crippen LogP contribution in [0.2, 0.25) is 0 Å². The predicted molar refractivity (Wildman–Crippen MR) is 121 cm³/mol. The Morgan fingerprint density at radius 2 is 1.38 bits per heavy atom. The van der Waals surface area contributed by atoms with Crippen LogP contribution in [0.4, 0.5) is 0 Å². The lowest BCUT2D eigenvalue weighted by atomic mass is 9.96. The molecular formula is C25H37N3O. The number of likely N-dealkylation sites (tertiary alicyclic amines) is 1. The van der Waals surface area contributed by atoms with Crippen molar-refractivity contribution < 1.29 is 5.11 Å². The van der Waals surface area contributed by atoms with Gasteiger partial charge in [0.25, 0.3) is 0 Å². The molecule has 0 amide bonds. The second-order valence-corrected chi connectivity index (χ2v) is 8.76. The maximum atomic E-state index is 10.5. The van der Waals surface area contributed by atoms with E-state index in [-0.39, 0.29) is 6.10 Å². The number of nitrogens with zero attached hydrogens (tertiary/aromatic N) is 3. The van der Waals surface area contributed by atoms with Crippen LogP contribution in [-0.2, 0) is 13.1 Å². The van der Waals surface area contributed by atoms with Gasteiger partial charge in [-0.3, -0.25) is 4.90 Å². The highest BCUT2D eigenvalue weighted by Gasteiger charge is 2.22. The fraction of sp³-hybridized carbons (Fsp3) is 0.520. The SMILES string of the molecule is CN(Cc1ccccc1)CC(O)CN1CCC(CN(C)Cc2ccccc2)CC1. The quantitative estimate of drug-likeness (QED) is 0.668. The third-order valence-corrected chi connectivity index (χ3v) is 5.86. The Labute approximate surface area is 176 Å². The number of benzene rings is 2. The molecule has 4 nitrogen and oxygen atoms in total. The minimum absolute atomic E-state index is 0.291. The van der Waals surface area contributed by atoms with Crippen LogP contribution in [0.3, 0.4) is 0 Å². The average molecular weight is 396 g/mol. The van der Waals surface area contributed by atoms with E-state index in [9.17, 15) is 5.11 Å². The number of aliphatic hydroxyl groups excluding tert-OH is 1. The molecule has 3 rings (SSSR count). The van der Waals surface area contributed by atoms with Gasteiger partial charge in [-0.25, -0.2) is 0 Å². The average Bonchev–Trinajstić information content (AvgIpc) is 2.71. The molecule has 0 aromatic heterocycles. The van der Waals surface area contributed by atoms with Crippen LogP contribution < -0.4 is 0 Å². The van der Waals surface area contributed by atoms with Crippen molar-refractivity contribution in [2.45, 2.75) is 32.0 Å². The normalized spacial score (nSPS) is 17.1. The van der Waals surface area contributed by atoms with Crippen molar-refractivity contribution in [2.24, 2.45) is 5.92 Å². The molecule has 0 spiro atoms. The summed E-state index contributed by atoms with van der Waals surface area (Å²) in [5.74, 6) is 0.762. The fourth-order valence-electron chi connectivity index (χ4n) is 4.43. The van der Waals surface area contributed by atoms with Crippen LogP contribution in [-0.4, -0.2) is 72.7 Å². The van der Waals surface area contributed by atoms with Crippen LogP contribution in [0.5, 0.6) is 0 Å². The van der Waals surface area contributed by atoms with Gasteiger partial charge in [0.2, 0.25) is 0 Å². The van der Waals surface area contributed by atoms with Crippen molar-refractivity contribution in [3.63, 3.8) is 0 Å². The van der Waals surface area contributed by atoms with E-state index in [1.54, 1.807) is 0 Å². The van der Waals surface area contributed by atoms with E-state index in [0.717, 1.165) is 45.2 Å². The molecule has 158 valence electrons. The minimum atomic E-state index is -0.291. The highest BCUT2D eigenvalue weighted by Crippen LogP contribution is 2.19. The number of β-amino-alcohol motifs (C(OH)–C–C–N with tert-alkyl or cyclic N) is 1. The number of rotatable bonds is 10. The highest BCUT2D eigenvalue weighted by atomic mass is 16.3. The molecule has 1 atom stereocenters. The number of hydrogen-bond donors (Lipinski definition) is 1. The van der Waals surface area contributed by atoms with Crippen LogP contribution in [0.1, 0.15) is 24.0 Å². The molecule has 1 unspecified atom stereocenters. The molecule has 1 heterocycles. The van der Waals surface area contributed by atoms with Crippen molar-refractivity contribution in [1.29, 1.82) is 0 Å². The van der Waals surface area contributed by atoms with Gasteiger partial charge >= 0.3 is 0 Å². The molecule has 0 bridgehead atoms. The third-order valence-electron chi connectivity index (χ3n) is 5.86. The maximum absolute atomic E-state index is 10.5. The first-order chi connectivity index (χ1) is 14.1. The summed E-state index contributed by atoms with van der Waals surface area (Å²) in [7, 11) is 4.32. The standard InChI is InChI=1S/C25H37N3O/c1-26(17-22-9-5-3-6-10-22)19-24-13-15-28(16-14-24)21-25(29)20-27(2)18-23-11-7-4-8-12-23/h3-12,24-25,29H,13-21H2,1-2H3. The topological polar surface area (TPSA) is 30.0 Å². The zero-order chi connectivity index (χ0) is 20.5. The van der Waals surface area contributed by atoms with Crippen molar-refractivity contribution in [3.8, 4) is 0 Å². The molecule has 29 heavy (non-hydrogen) atoms. The van der Waals surface area contributed by atoms with E-state index in [1.807, 2.05) is 6.07 Å². The largest absolute Gasteiger partial charge is 0.390 e. The van der Waals surface area contributed by atoms with Gasteiger partial charge in [-0.15, -0.1) is 0 Å². The van der Waals surface area contributed by atoms with Crippen LogP contribution in [0.25, 0.3) is 0 Å². The summed E-state index contributed by atoms with van der Waals surface area (Å²) in [6, 6.07) is 21.2. The maximum Gasteiger partial charge on any atom is 0.0793 e. The van der Waals surface area contributed by atoms with Crippen LogP contribution in [0, 0.1) is 5.92 Å². The van der Waals surface area contributed by atoms with Gasteiger partial charge in [0.1, 0.15) is 0 Å². The number of hydrogen-bond acceptors (Lipinski definition) is 4. The summed E-state index contributed by atoms with van der Waals surface area (Å²) in [5, 5.41) is 10.5. The second kappa shape index (κ2) is 11.5. The first-order valence-corrected chi connectivity index (χ1v) is 10.9. The van der Waals surface area contributed by atoms with E-state index < -0.39 is 0 Å². The predicted octanol–water partition coefficient (Wildman–Crippen LogP) is 3.32. The van der Waals surface area contributed by atoms with Gasteiger partial charge in [0, 0.05) is 32.7 Å². The van der Waals surface area contributed by atoms with Crippen molar-refractivity contribution >= 4 is 0 Å². The molecule has 2 aromatic carbocycles. The lowest BCUT2D eigenvalue weighted by Gasteiger charge is -2.35. The van der Waals surface area contributed by atoms with Gasteiger partial charge in [0.15, 0.2) is 0 Å². The molecule has 1 aliphatic heterocycles. The van der Waals surface area contributed by atoms with Crippen molar-refractivity contribution in [3.05, 3.63) is 71.8 Å². The number of aliphatic hydroxyl groups is 1. The Bertz CT molecular complexity index is 686. The third kappa shape index (κ3) is 7.90. The Morgan fingerprint density at radius 3 is 1.93 bits per heavy atom. The summed E-state index contributed by atoms with van der Waals surface area (Å²) < 4.78 is 0. The summed E-state index contributed by atoms with van der Waals surface area (Å²) in [6.45, 7) is 6.76. The van der Waals surface area contributed by atoms with Gasteiger partial charge in [-0.2, -0.15) is 0 Å². The van der Waals surface area contributed by atoms with Gasteiger partial charge in [-0.1, -0.05) is 60.7 Å². The highest BCUT2D eigenvalue weighted by molar-refractivity contribution is 5.15. The van der Waals surface area contributed by atoms with E-state index in [2.05, 4.69) is 83.4 Å². The first kappa shape index (κ1) is 22.0. The Kier molecular flexibility index (Phi) is 8.69. The smallest absolute Gasteiger partial charge is 0.0793 e. The summed E-state index contributed by atoms with van der Waals surface area (Å²) >= 11 is 0. The molecule has 1 saturated heterocycles. The monoisotopic (exact) mass is 395 g/mol. The van der Waals surface area contributed by atoms with Crippen molar-refractivity contribution in [2.75, 3.05) is 46.8 Å². The van der Waals surface area contributed by atoms with E-state index in [1.165, 1.54) is 24.0 Å². The summed E-state index contributed by atoms with van der Waals surface area (Å²) in [6.07, 6.45) is 2.17. The molecule has 2 aromatic rings. The van der Waals surface area contributed by atoms with Gasteiger partial charge in [-0.05, 0) is 57.1 Å². The zero-order valence-corrected chi connectivity index (χ0v) is 18.1. The Hall–Kier alpha value is -1.72. The Balaban J connectivity index is 1.32. The fourth-order valence-corrected chi connectivity index (χ4v) is 4.43. The molecule has 0 saturated carbocycles. The molecule has 4 heteroatoms. The molecule has 1 N–H and O–H groups in total. The van der Waals surface area contributed by atoms with Gasteiger partial charge in [0.05, 0.1) is 6.10 Å². The lowest BCUT2D eigenvalue weighted by molar-refractivity contribution is 0.0609. The molecule has 1 fully saturated rings. The van der Waals surface area contributed by atoms with E-state index in [4.69, 9.17) is 0 Å². The molecular weight excluding hydrogens is 358 g/mol. The zero-order valence-electron chi connectivity index (χ0n) is 18.1. The summed E-state index contributed by atoms with van der Waals surface area (Å²) in [4.78, 5) is 7.10. The molecule has 1 aliphatic rings. The molecule has 0 aliphatic carbocycles. The number of piperidine rings is 1. The van der Waals surface area contributed by atoms with E-state index >= 15 is 0 Å². The van der Waals surface area contributed by atoms with Crippen LogP contribution >= 0.6 is 0 Å². The van der Waals surface area contributed by atoms with E-state index in [0.29, 0.717) is 6.54 Å². The summed E-state index contributed by atoms with van der Waals surface area (Å²) in [5.41, 5.74) is 2.68. The second-order valence-electron chi connectivity index (χ2n) is 8.76. The van der Waals surface area contributed by atoms with Crippen molar-refractivity contribution in [1.82, 2.24) is 14.7 Å². The van der Waals surface area contributed by atoms with Gasteiger partial charge < -0.3 is 14.9 Å². The minimum Gasteiger partial charge on any atom is -0.390 e. The lowest BCUT2D eigenvalue weighted by Crippen LogP contribution is -2.43. The Morgan fingerprint density at radius 1 is 0.862 bits per heavy atom. The molecule has 0 radical (unpaired) electrons. The first-order valence-electron chi connectivity index (χ1n) is 10.9. The van der Waals surface area contributed by atoms with Crippen LogP contribution in [0.15, 0.2) is 60.7 Å².